The summed E-state index contributed by atoms with van der Waals surface area (Å²) in [5.41, 5.74) is 1.14. The largest absolute Gasteiger partial charge is 0.317 e. The van der Waals surface area contributed by atoms with Crippen LogP contribution in [0, 0.1) is 0 Å². The van der Waals surface area contributed by atoms with Crippen molar-refractivity contribution in [1.82, 2.24) is 20.1 Å². The minimum absolute atomic E-state index is 0. The molecule has 0 spiro atoms. The van der Waals surface area contributed by atoms with E-state index in [-0.39, 0.29) is 18.3 Å². The van der Waals surface area contributed by atoms with Crippen LogP contribution in [-0.4, -0.2) is 33.8 Å². The number of aromatic nitrogens is 3. The Hall–Kier alpha value is -2.18. The third kappa shape index (κ3) is 5.68. The van der Waals surface area contributed by atoms with E-state index in [2.05, 4.69) is 20.7 Å². The van der Waals surface area contributed by atoms with Gasteiger partial charge in [0, 0.05) is 19.4 Å². The zero-order valence-electron chi connectivity index (χ0n) is 15.0. The van der Waals surface area contributed by atoms with Gasteiger partial charge in [-0.15, -0.1) is 12.4 Å². The van der Waals surface area contributed by atoms with E-state index >= 15 is 0 Å². The second-order valence-corrected chi connectivity index (χ2v) is 6.34. The molecular formula is C19H26ClN5O. The summed E-state index contributed by atoms with van der Waals surface area (Å²) in [5, 5.41) is 10.7. The van der Waals surface area contributed by atoms with Crippen LogP contribution in [0.3, 0.4) is 0 Å². The summed E-state index contributed by atoms with van der Waals surface area (Å²) in [4.78, 5) is 16.6. The van der Waals surface area contributed by atoms with Crippen molar-refractivity contribution in [3.8, 4) is 0 Å². The number of hydrogen-bond donors (Lipinski definition) is 2. The van der Waals surface area contributed by atoms with E-state index in [0.29, 0.717) is 24.7 Å². The molecular weight excluding hydrogens is 350 g/mol. The van der Waals surface area contributed by atoms with Gasteiger partial charge in [0.2, 0.25) is 11.9 Å². The summed E-state index contributed by atoms with van der Waals surface area (Å²) in [6, 6.07) is 10.1. The molecule has 0 radical (unpaired) electrons. The summed E-state index contributed by atoms with van der Waals surface area (Å²) in [6.07, 6.45) is 7.26. The number of piperidine rings is 1. The Morgan fingerprint density at radius 3 is 2.77 bits per heavy atom. The molecule has 1 saturated heterocycles. The first kappa shape index (κ1) is 20.1. The van der Waals surface area contributed by atoms with Crippen molar-refractivity contribution in [2.45, 2.75) is 31.6 Å². The van der Waals surface area contributed by atoms with Crippen molar-refractivity contribution in [3.05, 3.63) is 47.8 Å². The molecule has 0 atom stereocenters. The molecule has 1 aromatic heterocycles. The van der Waals surface area contributed by atoms with Crippen LogP contribution >= 0.6 is 12.4 Å². The highest BCUT2D eigenvalue weighted by molar-refractivity contribution is 5.89. The van der Waals surface area contributed by atoms with Crippen LogP contribution < -0.4 is 10.6 Å². The third-order valence-corrected chi connectivity index (χ3v) is 4.38. The summed E-state index contributed by atoms with van der Waals surface area (Å²) >= 11 is 0. The molecule has 2 heterocycles. The first-order valence-corrected chi connectivity index (χ1v) is 8.85. The SMILES string of the molecule is Cl.Cn1nc(C2CCNCC2)nc1NC(=O)CC/C=C/c1ccccc1. The van der Waals surface area contributed by atoms with E-state index in [1.165, 1.54) is 0 Å². The molecule has 0 aliphatic carbocycles. The van der Waals surface area contributed by atoms with Gasteiger partial charge in [0.25, 0.3) is 0 Å². The Balaban J connectivity index is 0.00000243. The molecule has 1 amide bonds. The highest BCUT2D eigenvalue weighted by Gasteiger charge is 2.21. The lowest BCUT2D eigenvalue weighted by molar-refractivity contribution is -0.116. The van der Waals surface area contributed by atoms with Crippen molar-refractivity contribution >= 4 is 30.3 Å². The fourth-order valence-electron chi connectivity index (χ4n) is 2.95. The molecule has 2 aromatic rings. The fourth-order valence-corrected chi connectivity index (χ4v) is 2.95. The topological polar surface area (TPSA) is 71.8 Å². The van der Waals surface area contributed by atoms with Crippen LogP contribution in [0.25, 0.3) is 6.08 Å². The fraction of sp³-hybridized carbons (Fsp3) is 0.421. The first-order chi connectivity index (χ1) is 12.2. The number of rotatable bonds is 6. The molecule has 1 fully saturated rings. The van der Waals surface area contributed by atoms with Gasteiger partial charge in [-0.3, -0.25) is 10.1 Å². The van der Waals surface area contributed by atoms with Crippen LogP contribution in [0.5, 0.6) is 0 Å². The van der Waals surface area contributed by atoms with E-state index in [4.69, 9.17) is 0 Å². The number of amides is 1. The highest BCUT2D eigenvalue weighted by Crippen LogP contribution is 2.23. The van der Waals surface area contributed by atoms with Crippen molar-refractivity contribution < 1.29 is 4.79 Å². The Morgan fingerprint density at radius 1 is 1.31 bits per heavy atom. The van der Waals surface area contributed by atoms with Crippen molar-refractivity contribution in [2.75, 3.05) is 18.4 Å². The average Bonchev–Trinajstić information content (AvgIpc) is 3.01. The van der Waals surface area contributed by atoms with Gasteiger partial charge in [-0.2, -0.15) is 10.1 Å². The van der Waals surface area contributed by atoms with Crippen molar-refractivity contribution in [3.63, 3.8) is 0 Å². The number of halogens is 1. The number of carbonyl (C=O) groups is 1. The predicted molar refractivity (Wildman–Crippen MR) is 106 cm³/mol. The smallest absolute Gasteiger partial charge is 0.227 e. The zero-order valence-corrected chi connectivity index (χ0v) is 15.8. The van der Waals surface area contributed by atoms with Crippen LogP contribution in [0.1, 0.15) is 43.0 Å². The molecule has 0 bridgehead atoms. The Bertz CT molecular complexity index is 723. The number of nitrogens with zero attached hydrogens (tertiary/aromatic N) is 3. The number of allylic oxidation sites excluding steroid dienone is 1. The predicted octanol–water partition coefficient (Wildman–Crippen LogP) is 3.14. The van der Waals surface area contributed by atoms with Gasteiger partial charge in [-0.25, -0.2) is 4.68 Å². The van der Waals surface area contributed by atoms with Gasteiger partial charge in [0.1, 0.15) is 0 Å². The van der Waals surface area contributed by atoms with E-state index in [1.54, 1.807) is 4.68 Å². The summed E-state index contributed by atoms with van der Waals surface area (Å²) in [7, 11) is 1.82. The summed E-state index contributed by atoms with van der Waals surface area (Å²) in [5.74, 6) is 1.71. The number of aryl methyl sites for hydroxylation is 1. The van der Waals surface area contributed by atoms with Gasteiger partial charge in [-0.05, 0) is 37.9 Å². The molecule has 2 N–H and O–H groups in total. The quantitative estimate of drug-likeness (QED) is 0.813. The Labute approximate surface area is 160 Å². The van der Waals surface area contributed by atoms with Crippen LogP contribution in [-0.2, 0) is 11.8 Å². The maximum atomic E-state index is 12.1. The maximum absolute atomic E-state index is 12.1. The molecule has 6 nitrogen and oxygen atoms in total. The highest BCUT2D eigenvalue weighted by atomic mass is 35.5. The Kier molecular flexibility index (Phi) is 7.81. The molecule has 1 aromatic carbocycles. The zero-order chi connectivity index (χ0) is 17.5. The van der Waals surface area contributed by atoms with Crippen LogP contribution in [0.4, 0.5) is 5.95 Å². The maximum Gasteiger partial charge on any atom is 0.227 e. The van der Waals surface area contributed by atoms with Gasteiger partial charge in [-0.1, -0.05) is 42.5 Å². The monoisotopic (exact) mass is 375 g/mol. The van der Waals surface area contributed by atoms with Gasteiger partial charge in [0.05, 0.1) is 0 Å². The first-order valence-electron chi connectivity index (χ1n) is 8.85. The Morgan fingerprint density at radius 2 is 2.04 bits per heavy atom. The molecule has 26 heavy (non-hydrogen) atoms. The third-order valence-electron chi connectivity index (χ3n) is 4.38. The van der Waals surface area contributed by atoms with E-state index in [0.717, 1.165) is 37.3 Å². The lowest BCUT2D eigenvalue weighted by Gasteiger charge is -2.19. The molecule has 1 aliphatic heterocycles. The standard InChI is InChI=1S/C19H25N5O.ClH/c1-24-19(22-18(23-24)16-11-13-20-14-12-16)21-17(25)10-6-5-9-15-7-3-2-4-8-15;/h2-5,7-9,16,20H,6,10-14H2,1H3,(H,21,22,23,25);1H/b9-5+;. The average molecular weight is 376 g/mol. The van der Waals surface area contributed by atoms with Crippen molar-refractivity contribution in [1.29, 1.82) is 0 Å². The second kappa shape index (κ2) is 10.1. The minimum Gasteiger partial charge on any atom is -0.317 e. The van der Waals surface area contributed by atoms with Gasteiger partial charge < -0.3 is 5.32 Å². The van der Waals surface area contributed by atoms with E-state index in [1.807, 2.05) is 49.5 Å². The van der Waals surface area contributed by atoms with Gasteiger partial charge >= 0.3 is 0 Å². The van der Waals surface area contributed by atoms with Crippen LogP contribution in [0.15, 0.2) is 36.4 Å². The van der Waals surface area contributed by atoms with E-state index in [9.17, 15) is 4.79 Å². The molecule has 3 rings (SSSR count). The molecule has 140 valence electrons. The molecule has 1 aliphatic rings. The van der Waals surface area contributed by atoms with E-state index < -0.39 is 0 Å². The number of hydrogen-bond acceptors (Lipinski definition) is 4. The van der Waals surface area contributed by atoms with Gasteiger partial charge in [0.15, 0.2) is 5.82 Å². The number of benzene rings is 1. The minimum atomic E-state index is -0.0370. The second-order valence-electron chi connectivity index (χ2n) is 6.34. The normalized spacial score (nSPS) is 15.0. The lowest BCUT2D eigenvalue weighted by atomic mass is 9.98. The number of carbonyl (C=O) groups excluding carboxylic acids is 1. The van der Waals surface area contributed by atoms with Crippen LogP contribution in [0.2, 0.25) is 0 Å². The van der Waals surface area contributed by atoms with Crippen molar-refractivity contribution in [2.24, 2.45) is 7.05 Å². The summed E-state index contributed by atoms with van der Waals surface area (Å²) in [6.45, 7) is 2.00. The lowest BCUT2D eigenvalue weighted by Crippen LogP contribution is -2.27. The molecule has 0 saturated carbocycles. The molecule has 0 unspecified atom stereocenters. The summed E-state index contributed by atoms with van der Waals surface area (Å²) < 4.78 is 1.66. The molecule has 7 heteroatoms. The number of anilines is 1. The number of nitrogens with one attached hydrogen (secondary N) is 2.